The molecule has 2 aromatic carbocycles. The smallest absolute Gasteiger partial charge is 0.306 e. The van der Waals surface area contributed by atoms with E-state index in [2.05, 4.69) is 23.2 Å². The minimum Gasteiger partial charge on any atom is -0.491 e. The number of hydrogen-bond donors (Lipinski definition) is 1. The van der Waals surface area contributed by atoms with Crippen LogP contribution in [0.25, 0.3) is 10.8 Å². The molecule has 0 aliphatic rings. The number of benzene rings is 2. The molecule has 3 aromatic rings. The summed E-state index contributed by atoms with van der Waals surface area (Å²) in [6, 6.07) is 18.0. The van der Waals surface area contributed by atoms with Gasteiger partial charge in [-0.1, -0.05) is 30.3 Å². The second kappa shape index (κ2) is 12.4. The highest BCUT2D eigenvalue weighted by Gasteiger charge is 2.07. The number of fused-ring (bicyclic) bond motifs is 1. The minimum absolute atomic E-state index is 0.151. The lowest BCUT2D eigenvalue weighted by atomic mass is 10.0. The number of pyridine rings is 1. The van der Waals surface area contributed by atoms with Crippen molar-refractivity contribution in [2.24, 2.45) is 0 Å². The van der Waals surface area contributed by atoms with E-state index in [1.165, 1.54) is 5.56 Å². The number of aromatic nitrogens is 1. The second-order valence-corrected chi connectivity index (χ2v) is 7.69. The summed E-state index contributed by atoms with van der Waals surface area (Å²) in [5.74, 6) is 0.412. The maximum atomic E-state index is 11.4. The third-order valence-corrected chi connectivity index (χ3v) is 5.12. The van der Waals surface area contributed by atoms with Crippen LogP contribution in [0.5, 0.6) is 5.75 Å². The lowest BCUT2D eigenvalue weighted by Gasteiger charge is -2.13. The largest absolute Gasteiger partial charge is 0.491 e. The molecule has 6 heteroatoms. The third-order valence-electron chi connectivity index (χ3n) is 5.12. The predicted octanol–water partition coefficient (Wildman–Crippen LogP) is 4.39. The fraction of sp³-hybridized carbons (Fsp3) is 0.346. The molecule has 6 nitrogen and oxygen atoms in total. The Hall–Kier alpha value is -3.43. The van der Waals surface area contributed by atoms with Gasteiger partial charge in [0.2, 0.25) is 0 Å². The molecule has 0 bridgehead atoms. The maximum absolute atomic E-state index is 11.4. The van der Waals surface area contributed by atoms with E-state index < -0.39 is 6.10 Å². The average molecular weight is 433 g/mol. The van der Waals surface area contributed by atoms with Crippen LogP contribution >= 0.6 is 0 Å². The average Bonchev–Trinajstić information content (AvgIpc) is 2.83. The van der Waals surface area contributed by atoms with Crippen molar-refractivity contribution in [2.75, 3.05) is 13.2 Å². The molecule has 0 saturated carbocycles. The molecule has 166 valence electrons. The number of aliphatic hydroxyl groups is 1. The van der Waals surface area contributed by atoms with Gasteiger partial charge in [-0.15, -0.1) is 0 Å². The summed E-state index contributed by atoms with van der Waals surface area (Å²) in [5, 5.41) is 20.9. The number of nitrogens with zero attached hydrogens (tertiary/aromatic N) is 2. The zero-order valence-corrected chi connectivity index (χ0v) is 18.1. The summed E-state index contributed by atoms with van der Waals surface area (Å²) < 4.78 is 10.9. The maximum Gasteiger partial charge on any atom is 0.306 e. The number of aryl methyl sites for hydroxylation is 2. The van der Waals surface area contributed by atoms with Crippen LogP contribution < -0.4 is 4.74 Å². The first-order valence-electron chi connectivity index (χ1n) is 10.9. The highest BCUT2D eigenvalue weighted by Crippen LogP contribution is 2.23. The number of hydrogen-bond acceptors (Lipinski definition) is 6. The number of carbonyl (C=O) groups excluding carboxylic acids is 1. The number of nitriles is 1. The van der Waals surface area contributed by atoms with Gasteiger partial charge < -0.3 is 14.6 Å². The van der Waals surface area contributed by atoms with Gasteiger partial charge in [-0.25, -0.2) is 0 Å². The van der Waals surface area contributed by atoms with Crippen molar-refractivity contribution >= 4 is 16.7 Å². The van der Waals surface area contributed by atoms with Crippen molar-refractivity contribution in [1.82, 2.24) is 4.98 Å². The van der Waals surface area contributed by atoms with Gasteiger partial charge in [0.25, 0.3) is 0 Å². The number of aliphatic hydroxyl groups excluding tert-OH is 1. The Morgan fingerprint density at radius 2 is 1.94 bits per heavy atom. The Bertz CT molecular complexity index is 1050. The quantitative estimate of drug-likeness (QED) is 0.337. The van der Waals surface area contributed by atoms with E-state index >= 15 is 0 Å². The van der Waals surface area contributed by atoms with Crippen molar-refractivity contribution in [3.05, 3.63) is 72.1 Å². The number of carbonyl (C=O) groups is 1. The zero-order chi connectivity index (χ0) is 22.6. The highest BCUT2D eigenvalue weighted by molar-refractivity contribution is 5.84. The first kappa shape index (κ1) is 23.2. The number of rotatable bonds is 12. The van der Waals surface area contributed by atoms with Crippen LogP contribution in [0.4, 0.5) is 0 Å². The van der Waals surface area contributed by atoms with Gasteiger partial charge in [0, 0.05) is 18.8 Å². The van der Waals surface area contributed by atoms with Gasteiger partial charge >= 0.3 is 5.97 Å². The summed E-state index contributed by atoms with van der Waals surface area (Å²) in [6.07, 6.45) is 6.29. The summed E-state index contributed by atoms with van der Waals surface area (Å²) in [4.78, 5) is 15.5. The fourth-order valence-electron chi connectivity index (χ4n) is 3.37. The van der Waals surface area contributed by atoms with Crippen LogP contribution in [0.2, 0.25) is 0 Å². The lowest BCUT2D eigenvalue weighted by molar-refractivity contribution is -0.143. The molecule has 0 unspecified atom stereocenters. The molecule has 1 aromatic heterocycles. The van der Waals surface area contributed by atoms with Crippen LogP contribution in [0.15, 0.2) is 60.9 Å². The van der Waals surface area contributed by atoms with E-state index in [-0.39, 0.29) is 25.4 Å². The second-order valence-electron chi connectivity index (χ2n) is 7.69. The van der Waals surface area contributed by atoms with Crippen LogP contribution in [-0.2, 0) is 22.4 Å². The van der Waals surface area contributed by atoms with Crippen LogP contribution in [0, 0.1) is 11.3 Å². The van der Waals surface area contributed by atoms with Crippen molar-refractivity contribution < 1.29 is 19.4 Å². The standard InChI is InChI=1S/C26H28N2O4/c27-13-1-6-26(30)31-15-3-5-20-7-9-23-17-25(12-10-22(23)16-20)32-19-24(29)11-8-21-4-2-14-28-18-21/h2,4,7,9-10,12,14,16-18,24,29H,1,3,5-6,8,11,15,19H2/t24-/m0/s1. The third kappa shape index (κ3) is 7.68. The predicted molar refractivity (Wildman–Crippen MR) is 122 cm³/mol. The first-order valence-corrected chi connectivity index (χ1v) is 10.9. The molecular weight excluding hydrogens is 404 g/mol. The molecule has 3 rings (SSSR count). The number of ether oxygens (including phenoxy) is 2. The normalized spacial score (nSPS) is 11.6. The molecule has 0 radical (unpaired) electrons. The Morgan fingerprint density at radius 1 is 1.09 bits per heavy atom. The van der Waals surface area contributed by atoms with Gasteiger partial charge in [-0.2, -0.15) is 5.26 Å². The summed E-state index contributed by atoms with van der Waals surface area (Å²) in [6.45, 7) is 0.606. The van der Waals surface area contributed by atoms with Crippen molar-refractivity contribution in [2.45, 2.75) is 44.6 Å². The molecule has 0 saturated heterocycles. The van der Waals surface area contributed by atoms with E-state index in [1.54, 1.807) is 6.20 Å². The Kier molecular flexibility index (Phi) is 9.03. The SMILES string of the molecule is N#CCCC(=O)OCCCc1ccc2cc(OC[C@@H](O)CCc3cccnc3)ccc2c1. The van der Waals surface area contributed by atoms with Crippen molar-refractivity contribution in [3.63, 3.8) is 0 Å². The highest BCUT2D eigenvalue weighted by atomic mass is 16.5. The molecule has 32 heavy (non-hydrogen) atoms. The topological polar surface area (TPSA) is 92.4 Å². The van der Waals surface area contributed by atoms with Crippen LogP contribution in [0.1, 0.15) is 36.8 Å². The molecule has 0 aliphatic carbocycles. The molecule has 1 atom stereocenters. The number of esters is 1. The Morgan fingerprint density at radius 3 is 2.75 bits per heavy atom. The lowest BCUT2D eigenvalue weighted by Crippen LogP contribution is -2.18. The van der Waals surface area contributed by atoms with E-state index in [0.29, 0.717) is 13.0 Å². The molecule has 1 N–H and O–H groups in total. The Balaban J connectivity index is 1.43. The summed E-state index contributed by atoms with van der Waals surface area (Å²) >= 11 is 0. The molecular formula is C26H28N2O4. The fourth-order valence-corrected chi connectivity index (χ4v) is 3.37. The molecule has 0 aliphatic heterocycles. The van der Waals surface area contributed by atoms with E-state index in [0.717, 1.165) is 41.3 Å². The van der Waals surface area contributed by atoms with E-state index in [4.69, 9.17) is 14.7 Å². The molecule has 0 spiro atoms. The van der Waals surface area contributed by atoms with E-state index in [1.807, 2.05) is 42.6 Å². The molecule has 1 heterocycles. The van der Waals surface area contributed by atoms with Gasteiger partial charge in [0.05, 0.1) is 25.2 Å². The molecule has 0 amide bonds. The minimum atomic E-state index is -0.540. The summed E-state index contributed by atoms with van der Waals surface area (Å²) in [7, 11) is 0. The van der Waals surface area contributed by atoms with Crippen molar-refractivity contribution in [1.29, 1.82) is 5.26 Å². The van der Waals surface area contributed by atoms with E-state index in [9.17, 15) is 9.90 Å². The van der Waals surface area contributed by atoms with Crippen LogP contribution in [0.3, 0.4) is 0 Å². The summed E-state index contributed by atoms with van der Waals surface area (Å²) in [5.41, 5.74) is 2.27. The first-order chi connectivity index (χ1) is 15.6. The van der Waals surface area contributed by atoms with Crippen molar-refractivity contribution in [3.8, 4) is 11.8 Å². The van der Waals surface area contributed by atoms with Crippen LogP contribution in [-0.4, -0.2) is 35.4 Å². The molecule has 0 fully saturated rings. The van der Waals surface area contributed by atoms with Gasteiger partial charge in [0.1, 0.15) is 12.4 Å². The Labute approximate surface area is 188 Å². The zero-order valence-electron chi connectivity index (χ0n) is 18.1. The van der Waals surface area contributed by atoms with Gasteiger partial charge in [-0.3, -0.25) is 9.78 Å². The van der Waals surface area contributed by atoms with Gasteiger partial charge in [0.15, 0.2) is 0 Å². The van der Waals surface area contributed by atoms with Gasteiger partial charge in [-0.05, 0) is 65.8 Å². The monoisotopic (exact) mass is 432 g/mol.